The Balaban J connectivity index is 0.00000198. The van der Waals surface area contributed by atoms with Gasteiger partial charge in [0, 0.05) is 16.8 Å². The number of nitrogens with zero attached hydrogens (tertiary/aromatic N) is 3. The molecule has 4 aromatic rings. The first-order chi connectivity index (χ1) is 20.3. The van der Waals surface area contributed by atoms with Crippen LogP contribution < -0.4 is 20.1 Å². The Labute approximate surface area is 251 Å². The predicted molar refractivity (Wildman–Crippen MR) is 159 cm³/mol. The zero-order valence-electron chi connectivity index (χ0n) is 22.8. The van der Waals surface area contributed by atoms with Crippen LogP contribution in [0.2, 0.25) is 10.0 Å². The number of hydrogen-bond donors (Lipinski definition) is 2. The number of hydrogen-bond acceptors (Lipinski definition) is 7. The minimum Gasteiger partial charge on any atom is -0.496 e. The van der Waals surface area contributed by atoms with Crippen molar-refractivity contribution in [1.29, 1.82) is 0 Å². The van der Waals surface area contributed by atoms with Crippen molar-refractivity contribution in [1.82, 2.24) is 15.3 Å². The quantitative estimate of drug-likeness (QED) is 0.262. The third-order valence-corrected chi connectivity index (χ3v) is 6.35. The summed E-state index contributed by atoms with van der Waals surface area (Å²) in [7, 11) is 1.45. The second kappa shape index (κ2) is 13.9. The Kier molecular flexibility index (Phi) is 10.1. The van der Waals surface area contributed by atoms with Gasteiger partial charge in [0.05, 0.1) is 41.0 Å². The maximum absolute atomic E-state index is 14.2. The Morgan fingerprint density at radius 2 is 1.83 bits per heavy atom. The number of para-hydroxylation sites is 1. The fourth-order valence-corrected chi connectivity index (χ4v) is 4.59. The van der Waals surface area contributed by atoms with Crippen molar-refractivity contribution in [2.24, 2.45) is 4.99 Å². The predicted octanol–water partition coefficient (Wildman–Crippen LogP) is 6.08. The maximum atomic E-state index is 14.2. The SMILES string of the molecule is CC.COc1cc(Cl)cc(Cl)c1C1=NC(NC(=O)c2cc(F)cnc2OCc2ccccn2)C(=O)Nc2ccccc21. The monoisotopic (exact) mass is 609 g/mol. The van der Waals surface area contributed by atoms with E-state index in [1.807, 2.05) is 13.8 Å². The molecule has 3 heterocycles. The molecule has 1 aliphatic heterocycles. The third kappa shape index (κ3) is 6.84. The number of ether oxygens (including phenoxy) is 2. The van der Waals surface area contributed by atoms with Crippen LogP contribution >= 0.6 is 23.2 Å². The molecular weight excluding hydrogens is 584 g/mol. The van der Waals surface area contributed by atoms with Gasteiger partial charge in [-0.25, -0.2) is 14.4 Å². The van der Waals surface area contributed by atoms with E-state index >= 15 is 0 Å². The van der Waals surface area contributed by atoms with Gasteiger partial charge in [-0.05, 0) is 36.4 Å². The lowest BCUT2D eigenvalue weighted by atomic mass is 9.99. The van der Waals surface area contributed by atoms with E-state index in [4.69, 9.17) is 32.7 Å². The van der Waals surface area contributed by atoms with Crippen molar-refractivity contribution in [2.75, 3.05) is 12.4 Å². The summed E-state index contributed by atoms with van der Waals surface area (Å²) in [5.74, 6) is -2.08. The minimum absolute atomic E-state index is 0.0177. The summed E-state index contributed by atoms with van der Waals surface area (Å²) >= 11 is 12.7. The molecule has 0 radical (unpaired) electrons. The molecule has 2 amide bonds. The number of carbonyl (C=O) groups excluding carboxylic acids is 2. The first-order valence-corrected chi connectivity index (χ1v) is 13.6. The number of methoxy groups -OCH3 is 1. The number of halogens is 3. The van der Waals surface area contributed by atoms with Crippen molar-refractivity contribution >= 4 is 46.4 Å². The summed E-state index contributed by atoms with van der Waals surface area (Å²) in [5.41, 5.74) is 1.93. The Hall–Kier alpha value is -4.54. The Morgan fingerprint density at radius 1 is 1.07 bits per heavy atom. The van der Waals surface area contributed by atoms with Crippen LogP contribution in [0.5, 0.6) is 11.6 Å². The average Bonchev–Trinajstić information content (AvgIpc) is 3.13. The van der Waals surface area contributed by atoms with E-state index in [0.717, 1.165) is 12.3 Å². The average molecular weight is 610 g/mol. The maximum Gasteiger partial charge on any atom is 0.269 e. The van der Waals surface area contributed by atoms with E-state index in [9.17, 15) is 14.0 Å². The molecule has 0 saturated heterocycles. The van der Waals surface area contributed by atoms with Crippen molar-refractivity contribution in [2.45, 2.75) is 26.6 Å². The zero-order valence-corrected chi connectivity index (χ0v) is 24.3. The molecule has 2 aromatic carbocycles. The van der Waals surface area contributed by atoms with E-state index in [2.05, 4.69) is 25.6 Å². The number of rotatable bonds is 7. The molecule has 12 heteroatoms. The molecule has 0 bridgehead atoms. The van der Waals surface area contributed by atoms with Crippen LogP contribution in [0.3, 0.4) is 0 Å². The lowest BCUT2D eigenvalue weighted by molar-refractivity contribution is -0.117. The van der Waals surface area contributed by atoms with Gasteiger partial charge in [0.15, 0.2) is 0 Å². The van der Waals surface area contributed by atoms with Crippen LogP contribution in [-0.2, 0) is 11.4 Å². The molecule has 2 N–H and O–H groups in total. The summed E-state index contributed by atoms with van der Waals surface area (Å²) < 4.78 is 25.3. The van der Waals surface area contributed by atoms with Crippen LogP contribution in [-0.4, -0.2) is 40.8 Å². The van der Waals surface area contributed by atoms with Gasteiger partial charge in [-0.15, -0.1) is 0 Å². The first kappa shape index (κ1) is 30.4. The normalized spacial score (nSPS) is 13.8. The van der Waals surface area contributed by atoms with Crippen LogP contribution in [0, 0.1) is 5.82 Å². The van der Waals surface area contributed by atoms with Crippen LogP contribution in [0.25, 0.3) is 0 Å². The standard InChI is InChI=1S/C28H20Cl2FN5O4.C2H6/c1-39-22-11-15(29)10-20(30)23(22)24-18-7-2-3-8-21(18)34-27(38)25(35-24)36-26(37)19-12-16(31)13-33-28(19)40-14-17-6-4-5-9-32-17;1-2/h2-13,25H,14H2,1H3,(H,34,38)(H,36,37);1-2H3. The number of carbonyl (C=O) groups is 2. The number of nitrogens with one attached hydrogen (secondary N) is 2. The molecule has 0 spiro atoms. The van der Waals surface area contributed by atoms with E-state index < -0.39 is 23.8 Å². The van der Waals surface area contributed by atoms with Gasteiger partial charge in [0.25, 0.3) is 11.8 Å². The molecule has 9 nitrogen and oxygen atoms in total. The van der Waals surface area contributed by atoms with Crippen LogP contribution in [0.4, 0.5) is 10.1 Å². The Bertz CT molecular complexity index is 1640. The van der Waals surface area contributed by atoms with Gasteiger partial charge in [-0.2, -0.15) is 0 Å². The molecule has 1 aliphatic rings. The summed E-state index contributed by atoms with van der Waals surface area (Å²) in [6, 6.07) is 16.2. The molecule has 2 aromatic heterocycles. The number of aromatic nitrogens is 2. The zero-order chi connectivity index (χ0) is 30.2. The van der Waals surface area contributed by atoms with Crippen molar-refractivity contribution in [3.8, 4) is 11.6 Å². The van der Waals surface area contributed by atoms with E-state index in [1.165, 1.54) is 13.2 Å². The van der Waals surface area contributed by atoms with Crippen molar-refractivity contribution in [3.05, 3.63) is 111 Å². The fourth-order valence-electron chi connectivity index (χ4n) is 4.03. The lowest BCUT2D eigenvalue weighted by Gasteiger charge is -2.16. The van der Waals surface area contributed by atoms with Crippen molar-refractivity contribution in [3.63, 3.8) is 0 Å². The summed E-state index contributed by atoms with van der Waals surface area (Å²) in [6.07, 6.45) is 1.06. The first-order valence-electron chi connectivity index (χ1n) is 12.8. The molecule has 1 atom stereocenters. The number of benzene rings is 2. The summed E-state index contributed by atoms with van der Waals surface area (Å²) in [6.45, 7) is 3.98. The van der Waals surface area contributed by atoms with Crippen LogP contribution in [0.1, 0.15) is 41.0 Å². The molecule has 216 valence electrons. The van der Waals surface area contributed by atoms with Crippen molar-refractivity contribution < 1.29 is 23.5 Å². The second-order valence-electron chi connectivity index (χ2n) is 8.47. The van der Waals surface area contributed by atoms with Gasteiger partial charge < -0.3 is 20.1 Å². The highest BCUT2D eigenvalue weighted by atomic mass is 35.5. The number of amides is 2. The lowest BCUT2D eigenvalue weighted by Crippen LogP contribution is -2.42. The summed E-state index contributed by atoms with van der Waals surface area (Å²) in [4.78, 5) is 39.3. The molecule has 0 aliphatic carbocycles. The minimum atomic E-state index is -1.45. The van der Waals surface area contributed by atoms with Gasteiger partial charge in [-0.1, -0.05) is 61.3 Å². The number of benzodiazepines with no additional fused rings is 1. The molecule has 5 rings (SSSR count). The molecule has 42 heavy (non-hydrogen) atoms. The van der Waals surface area contributed by atoms with Crippen LogP contribution in [0.15, 0.2) is 78.0 Å². The van der Waals surface area contributed by atoms with Gasteiger partial charge in [-0.3, -0.25) is 14.6 Å². The summed E-state index contributed by atoms with van der Waals surface area (Å²) in [5, 5.41) is 5.86. The third-order valence-electron chi connectivity index (χ3n) is 5.84. The topological polar surface area (TPSA) is 115 Å². The van der Waals surface area contributed by atoms with Gasteiger partial charge >= 0.3 is 0 Å². The second-order valence-corrected chi connectivity index (χ2v) is 9.31. The highest BCUT2D eigenvalue weighted by molar-refractivity contribution is 6.39. The number of anilines is 1. The highest BCUT2D eigenvalue weighted by Gasteiger charge is 2.30. The van der Waals surface area contributed by atoms with E-state index in [0.29, 0.717) is 33.3 Å². The van der Waals surface area contributed by atoms with Gasteiger partial charge in [0.2, 0.25) is 12.0 Å². The molecule has 1 unspecified atom stereocenters. The number of fused-ring (bicyclic) bond motifs is 1. The smallest absolute Gasteiger partial charge is 0.269 e. The van der Waals surface area contributed by atoms with E-state index in [-0.39, 0.29) is 28.8 Å². The van der Waals surface area contributed by atoms with Gasteiger partial charge in [0.1, 0.15) is 23.7 Å². The number of aliphatic imine (C=N–C) groups is 1. The number of pyridine rings is 2. The Morgan fingerprint density at radius 3 is 2.57 bits per heavy atom. The fraction of sp³-hybridized carbons (Fsp3) is 0.167. The van der Waals surface area contributed by atoms with E-state index in [1.54, 1.807) is 54.7 Å². The molecule has 0 fully saturated rings. The highest BCUT2D eigenvalue weighted by Crippen LogP contribution is 2.35. The molecular formula is C30H26Cl2FN5O4. The largest absolute Gasteiger partial charge is 0.496 e. The molecule has 0 saturated carbocycles.